The summed E-state index contributed by atoms with van der Waals surface area (Å²) in [6.45, 7) is 2.15. The Kier molecular flexibility index (Phi) is 7.93. The summed E-state index contributed by atoms with van der Waals surface area (Å²) in [4.78, 5) is 25.6. The lowest BCUT2D eigenvalue weighted by Gasteiger charge is -2.17. The van der Waals surface area contributed by atoms with Gasteiger partial charge in [0.15, 0.2) is 5.78 Å². The Morgan fingerprint density at radius 2 is 1.79 bits per heavy atom. The predicted octanol–water partition coefficient (Wildman–Crippen LogP) is 7.58. The zero-order valence-electron chi connectivity index (χ0n) is 19.5. The van der Waals surface area contributed by atoms with E-state index in [1.54, 1.807) is 0 Å². The molecule has 3 unspecified atom stereocenters. The first kappa shape index (κ1) is 23.2. The van der Waals surface area contributed by atoms with Gasteiger partial charge < -0.3 is 4.74 Å². The molecule has 3 atom stereocenters. The summed E-state index contributed by atoms with van der Waals surface area (Å²) < 4.78 is 5.88. The van der Waals surface area contributed by atoms with E-state index in [4.69, 9.17) is 4.74 Å². The number of benzene rings is 2. The smallest absolute Gasteiger partial charge is 0.162 e. The van der Waals surface area contributed by atoms with E-state index in [1.807, 2.05) is 66.7 Å². The molecular formula is C30H34O3. The van der Waals surface area contributed by atoms with Gasteiger partial charge in [0.2, 0.25) is 0 Å². The maximum absolute atomic E-state index is 12.8. The standard InChI is InChI=1S/C30H34O3/c1-2-9-24(30(32)25-11-6-7-12-25)13-8-10-22-20-28(29(31)21-22)23-16-18-27(19-17-23)33-26-14-4-3-5-15-26/h3-7,11,14-19,22,24,28H,2,8-10,12-13,20-21H2,1H3. The molecule has 2 aromatic carbocycles. The Labute approximate surface area is 197 Å². The van der Waals surface area contributed by atoms with Crippen molar-refractivity contribution in [1.29, 1.82) is 0 Å². The van der Waals surface area contributed by atoms with E-state index in [1.165, 1.54) is 0 Å². The molecule has 1 saturated carbocycles. The number of ketones is 2. The average Bonchev–Trinajstić information content (AvgIpc) is 3.49. The van der Waals surface area contributed by atoms with Crippen LogP contribution < -0.4 is 4.74 Å². The maximum Gasteiger partial charge on any atom is 0.162 e. The van der Waals surface area contributed by atoms with Crippen LogP contribution >= 0.6 is 0 Å². The summed E-state index contributed by atoms with van der Waals surface area (Å²) in [6.07, 6.45) is 13.4. The summed E-state index contributed by atoms with van der Waals surface area (Å²) in [7, 11) is 0. The molecule has 1 fully saturated rings. The summed E-state index contributed by atoms with van der Waals surface area (Å²) in [5.74, 6) is 2.82. The number of rotatable bonds is 11. The van der Waals surface area contributed by atoms with Gasteiger partial charge in [0.05, 0.1) is 0 Å². The van der Waals surface area contributed by atoms with Crippen molar-refractivity contribution in [3.8, 4) is 11.5 Å². The maximum atomic E-state index is 12.8. The first-order valence-electron chi connectivity index (χ1n) is 12.4. The van der Waals surface area contributed by atoms with Crippen LogP contribution in [0.5, 0.6) is 11.5 Å². The second kappa shape index (κ2) is 11.3. The van der Waals surface area contributed by atoms with Gasteiger partial charge in [-0.3, -0.25) is 9.59 Å². The third-order valence-corrected chi connectivity index (χ3v) is 6.97. The number of carbonyl (C=O) groups is 2. The second-order valence-corrected chi connectivity index (χ2v) is 9.41. The molecule has 3 heteroatoms. The average molecular weight is 443 g/mol. The van der Waals surface area contributed by atoms with E-state index in [9.17, 15) is 9.59 Å². The molecule has 2 aliphatic rings. The lowest BCUT2D eigenvalue weighted by Crippen LogP contribution is -2.16. The van der Waals surface area contributed by atoms with Gasteiger partial charge in [-0.1, -0.05) is 68.3 Å². The highest BCUT2D eigenvalue weighted by molar-refractivity contribution is 5.98. The molecule has 0 heterocycles. The van der Waals surface area contributed by atoms with Crippen LogP contribution in [0, 0.1) is 11.8 Å². The second-order valence-electron chi connectivity index (χ2n) is 9.41. The van der Waals surface area contributed by atoms with Crippen LogP contribution in [0.1, 0.15) is 69.8 Å². The minimum absolute atomic E-state index is 0.0106. The van der Waals surface area contributed by atoms with Crippen LogP contribution in [0.25, 0.3) is 0 Å². The van der Waals surface area contributed by atoms with Crippen LogP contribution in [-0.4, -0.2) is 11.6 Å². The van der Waals surface area contributed by atoms with Gasteiger partial charge in [-0.25, -0.2) is 0 Å². The predicted molar refractivity (Wildman–Crippen MR) is 133 cm³/mol. The highest BCUT2D eigenvalue weighted by Gasteiger charge is 2.33. The minimum Gasteiger partial charge on any atom is -0.457 e. The van der Waals surface area contributed by atoms with Crippen LogP contribution in [0.3, 0.4) is 0 Å². The summed E-state index contributed by atoms with van der Waals surface area (Å²) in [5, 5.41) is 0. The Morgan fingerprint density at radius 3 is 2.48 bits per heavy atom. The Balaban J connectivity index is 1.27. The molecule has 0 amide bonds. The number of para-hydroxylation sites is 1. The number of allylic oxidation sites excluding steroid dienone is 4. The zero-order chi connectivity index (χ0) is 23.0. The molecular weight excluding hydrogens is 408 g/mol. The Hall–Kier alpha value is -2.94. The lowest BCUT2D eigenvalue weighted by molar-refractivity contribution is -0.120. The number of hydrogen-bond acceptors (Lipinski definition) is 3. The van der Waals surface area contributed by atoms with Crippen molar-refractivity contribution in [3.05, 3.63) is 84.0 Å². The van der Waals surface area contributed by atoms with E-state index in [0.29, 0.717) is 23.9 Å². The van der Waals surface area contributed by atoms with Crippen LogP contribution in [0.15, 0.2) is 78.4 Å². The van der Waals surface area contributed by atoms with E-state index in [-0.39, 0.29) is 11.8 Å². The summed E-state index contributed by atoms with van der Waals surface area (Å²) in [6, 6.07) is 17.7. The van der Waals surface area contributed by atoms with Crippen LogP contribution in [0.4, 0.5) is 0 Å². The fourth-order valence-corrected chi connectivity index (χ4v) is 5.21. The molecule has 0 saturated heterocycles. The largest absolute Gasteiger partial charge is 0.457 e. The van der Waals surface area contributed by atoms with Gasteiger partial charge in [0.1, 0.15) is 17.3 Å². The van der Waals surface area contributed by atoms with Crippen molar-refractivity contribution in [2.45, 2.75) is 64.2 Å². The van der Waals surface area contributed by atoms with Crippen molar-refractivity contribution < 1.29 is 14.3 Å². The van der Waals surface area contributed by atoms with Gasteiger partial charge in [-0.15, -0.1) is 0 Å². The molecule has 172 valence electrons. The molecule has 3 nitrogen and oxygen atoms in total. The van der Waals surface area contributed by atoms with Gasteiger partial charge in [-0.05, 0) is 73.4 Å². The summed E-state index contributed by atoms with van der Waals surface area (Å²) >= 11 is 0. The van der Waals surface area contributed by atoms with Crippen molar-refractivity contribution in [2.24, 2.45) is 11.8 Å². The summed E-state index contributed by atoms with van der Waals surface area (Å²) in [5.41, 5.74) is 2.05. The number of carbonyl (C=O) groups excluding carboxylic acids is 2. The van der Waals surface area contributed by atoms with Gasteiger partial charge in [0, 0.05) is 18.3 Å². The lowest BCUT2D eigenvalue weighted by atomic mass is 9.86. The number of Topliss-reactive ketones (excluding diaryl/α,β-unsaturated/α-hetero) is 2. The topological polar surface area (TPSA) is 43.4 Å². The van der Waals surface area contributed by atoms with Crippen LogP contribution in [-0.2, 0) is 9.59 Å². The molecule has 0 spiro atoms. The third-order valence-electron chi connectivity index (χ3n) is 6.97. The van der Waals surface area contributed by atoms with E-state index < -0.39 is 0 Å². The monoisotopic (exact) mass is 442 g/mol. The molecule has 0 aromatic heterocycles. The highest BCUT2D eigenvalue weighted by Crippen LogP contribution is 2.39. The van der Waals surface area contributed by atoms with E-state index >= 15 is 0 Å². The molecule has 4 rings (SSSR count). The Morgan fingerprint density at radius 1 is 1.03 bits per heavy atom. The van der Waals surface area contributed by atoms with E-state index in [2.05, 4.69) is 13.0 Å². The quantitative estimate of drug-likeness (QED) is 0.360. The van der Waals surface area contributed by atoms with Crippen molar-refractivity contribution in [2.75, 3.05) is 0 Å². The van der Waals surface area contributed by atoms with E-state index in [0.717, 1.165) is 67.6 Å². The van der Waals surface area contributed by atoms with Gasteiger partial charge in [0.25, 0.3) is 0 Å². The Bertz CT molecular complexity index is 1000. The molecule has 2 aliphatic carbocycles. The molecule has 2 aromatic rings. The first-order valence-corrected chi connectivity index (χ1v) is 12.4. The third kappa shape index (κ3) is 6.10. The van der Waals surface area contributed by atoms with Gasteiger partial charge in [-0.2, -0.15) is 0 Å². The first-order chi connectivity index (χ1) is 16.1. The fraction of sp³-hybridized carbons (Fsp3) is 0.400. The number of hydrogen-bond donors (Lipinski definition) is 0. The molecule has 0 aliphatic heterocycles. The number of ether oxygens (including phenoxy) is 1. The van der Waals surface area contributed by atoms with Crippen molar-refractivity contribution in [3.63, 3.8) is 0 Å². The fourth-order valence-electron chi connectivity index (χ4n) is 5.21. The minimum atomic E-state index is -0.0106. The SMILES string of the molecule is CCCC(CCCC1CC(=O)C(c2ccc(Oc3ccccc3)cc2)C1)C(=O)C1=CC=CC1. The molecule has 0 radical (unpaired) electrons. The zero-order valence-corrected chi connectivity index (χ0v) is 19.5. The van der Waals surface area contributed by atoms with Crippen molar-refractivity contribution in [1.82, 2.24) is 0 Å². The molecule has 0 N–H and O–H groups in total. The normalized spacial score (nSPS) is 20.6. The van der Waals surface area contributed by atoms with Crippen molar-refractivity contribution >= 4 is 11.6 Å². The molecule has 33 heavy (non-hydrogen) atoms. The molecule has 0 bridgehead atoms. The highest BCUT2D eigenvalue weighted by atomic mass is 16.5. The van der Waals surface area contributed by atoms with Crippen LogP contribution in [0.2, 0.25) is 0 Å². The van der Waals surface area contributed by atoms with Gasteiger partial charge >= 0.3 is 0 Å².